The van der Waals surface area contributed by atoms with Crippen LogP contribution in [0.5, 0.6) is 11.8 Å². The number of aromatic hydroxyl groups is 2. The average molecular weight is 460 g/mol. The van der Waals surface area contributed by atoms with Crippen molar-refractivity contribution in [2.75, 3.05) is 0 Å². The van der Waals surface area contributed by atoms with Crippen LogP contribution in [-0.2, 0) is 21.5 Å². The molecule has 1 aromatic heterocycles. The van der Waals surface area contributed by atoms with Crippen LogP contribution in [0.4, 0.5) is 0 Å². The summed E-state index contributed by atoms with van der Waals surface area (Å²) in [6.07, 6.45) is 16.1. The van der Waals surface area contributed by atoms with Gasteiger partial charge in [-0.25, -0.2) is 0 Å². The van der Waals surface area contributed by atoms with Gasteiger partial charge < -0.3 is 15.3 Å². The average Bonchev–Trinajstić information content (AvgIpc) is 3.00. The molecule has 0 bridgehead atoms. The predicted octanol–water partition coefficient (Wildman–Crippen LogP) is 4.87. The molecule has 1 atom stereocenters. The van der Waals surface area contributed by atoms with E-state index in [1.807, 2.05) is 0 Å². The van der Waals surface area contributed by atoms with Crippen LogP contribution in [0.25, 0.3) is 0 Å². The lowest BCUT2D eigenvalue weighted by atomic mass is 10.1. The van der Waals surface area contributed by atoms with Gasteiger partial charge in [0, 0.05) is 18.7 Å². The minimum Gasteiger partial charge on any atom is -0.494 e. The molecular weight excluding hydrogens is 422 g/mol. The fraction of sp³-hybridized carbons (Fsp3) is 0.682. The molecule has 1 unspecified atom stereocenters. The molecule has 0 aliphatic carbocycles. The van der Waals surface area contributed by atoms with Crippen LogP contribution >= 0.6 is 0 Å². The zero-order chi connectivity index (χ0) is 23.1. The van der Waals surface area contributed by atoms with Crippen LogP contribution in [0.15, 0.2) is 24.3 Å². The van der Waals surface area contributed by atoms with Gasteiger partial charge in [0.1, 0.15) is 0 Å². The van der Waals surface area contributed by atoms with Crippen molar-refractivity contribution in [1.82, 2.24) is 4.57 Å². The Hall–Kier alpha value is -2.00. The van der Waals surface area contributed by atoms with E-state index in [1.54, 1.807) is 0 Å². The van der Waals surface area contributed by atoms with Gasteiger partial charge >= 0.3 is 5.97 Å². The summed E-state index contributed by atoms with van der Waals surface area (Å²) in [5, 5.41) is 26.2. The zero-order valence-corrected chi connectivity index (χ0v) is 19.0. The zero-order valence-electron chi connectivity index (χ0n) is 18.2. The first-order valence-electron chi connectivity index (χ1n) is 11.1. The number of aliphatic carboxylic acids is 1. The van der Waals surface area contributed by atoms with Crippen molar-refractivity contribution in [2.24, 2.45) is 0 Å². The van der Waals surface area contributed by atoms with Gasteiger partial charge in [-0.1, -0.05) is 57.1 Å². The minimum absolute atomic E-state index is 0.0543. The second-order valence-electron chi connectivity index (χ2n) is 7.92. The molecule has 4 N–H and O–H groups in total. The van der Waals surface area contributed by atoms with Gasteiger partial charge in [-0.2, -0.15) is 8.42 Å². The topological polar surface area (TPSA) is 137 Å². The van der Waals surface area contributed by atoms with Crippen molar-refractivity contribution in [1.29, 1.82) is 0 Å². The molecule has 0 aromatic carbocycles. The first kappa shape index (κ1) is 27.0. The van der Waals surface area contributed by atoms with Gasteiger partial charge in [0.05, 0.1) is 0 Å². The molecule has 8 nitrogen and oxygen atoms in total. The maximum absolute atomic E-state index is 11.0. The number of carboxylic acid groups (broad SMARTS) is 1. The van der Waals surface area contributed by atoms with Crippen LogP contribution in [0.1, 0.15) is 83.5 Å². The maximum Gasteiger partial charge on any atom is 0.324 e. The lowest BCUT2D eigenvalue weighted by molar-refractivity contribution is -0.136. The summed E-state index contributed by atoms with van der Waals surface area (Å²) < 4.78 is 32.3. The fourth-order valence-electron chi connectivity index (χ4n) is 3.50. The second-order valence-corrected chi connectivity index (χ2v) is 9.52. The van der Waals surface area contributed by atoms with Crippen molar-refractivity contribution in [3.8, 4) is 11.8 Å². The molecule has 31 heavy (non-hydrogen) atoms. The van der Waals surface area contributed by atoms with E-state index in [0.717, 1.165) is 57.8 Å². The number of carboxylic acids is 1. The number of nitrogens with zero attached hydrogens (tertiary/aromatic N) is 1. The van der Waals surface area contributed by atoms with Crippen LogP contribution in [0.2, 0.25) is 0 Å². The molecule has 1 rings (SSSR count). The molecule has 0 fully saturated rings. The van der Waals surface area contributed by atoms with Crippen molar-refractivity contribution in [2.45, 2.75) is 95.3 Å². The number of unbranched alkanes of at least 4 members (excludes halogenated alkanes) is 10. The molecule has 0 aliphatic rings. The Kier molecular flexibility index (Phi) is 13.0. The van der Waals surface area contributed by atoms with E-state index in [2.05, 4.69) is 12.2 Å². The summed E-state index contributed by atoms with van der Waals surface area (Å²) in [5.41, 5.74) is 0. The molecule has 0 amide bonds. The van der Waals surface area contributed by atoms with E-state index in [0.29, 0.717) is 13.0 Å². The van der Waals surface area contributed by atoms with Crippen molar-refractivity contribution in [3.05, 3.63) is 24.3 Å². The highest BCUT2D eigenvalue weighted by Crippen LogP contribution is 2.22. The quantitative estimate of drug-likeness (QED) is 0.140. The molecule has 0 aliphatic heterocycles. The summed E-state index contributed by atoms with van der Waals surface area (Å²) in [6, 6.07) is 2.99. The molecule has 1 heterocycles. The van der Waals surface area contributed by atoms with Crippen LogP contribution in [0.3, 0.4) is 0 Å². The van der Waals surface area contributed by atoms with E-state index in [4.69, 9.17) is 9.66 Å². The Morgan fingerprint density at radius 3 is 1.77 bits per heavy atom. The Morgan fingerprint density at radius 2 is 1.29 bits per heavy atom. The van der Waals surface area contributed by atoms with Gasteiger partial charge in [0.25, 0.3) is 10.1 Å². The van der Waals surface area contributed by atoms with E-state index < -0.39 is 21.3 Å². The third-order valence-corrected chi connectivity index (χ3v) is 6.48. The molecule has 178 valence electrons. The maximum atomic E-state index is 11.0. The summed E-state index contributed by atoms with van der Waals surface area (Å²) >= 11 is 0. The number of rotatable bonds is 18. The molecular formula is C22H37NO7S. The molecule has 0 spiro atoms. The monoisotopic (exact) mass is 459 g/mol. The number of hydrogen-bond donors (Lipinski definition) is 4. The highest BCUT2D eigenvalue weighted by Gasteiger charge is 2.29. The van der Waals surface area contributed by atoms with E-state index in [1.165, 1.54) is 29.5 Å². The predicted molar refractivity (Wildman–Crippen MR) is 120 cm³/mol. The van der Waals surface area contributed by atoms with E-state index >= 15 is 0 Å². The smallest absolute Gasteiger partial charge is 0.324 e. The molecule has 0 radical (unpaired) electrons. The molecule has 0 saturated heterocycles. The molecule has 9 heteroatoms. The van der Waals surface area contributed by atoms with Gasteiger partial charge in [0.15, 0.2) is 17.0 Å². The van der Waals surface area contributed by atoms with Gasteiger partial charge in [-0.15, -0.1) is 0 Å². The van der Waals surface area contributed by atoms with Gasteiger partial charge in [0.2, 0.25) is 0 Å². The summed E-state index contributed by atoms with van der Waals surface area (Å²) in [6.45, 7) is 0.633. The second kappa shape index (κ2) is 14.9. The Morgan fingerprint density at radius 1 is 0.839 bits per heavy atom. The van der Waals surface area contributed by atoms with Crippen molar-refractivity contribution >= 4 is 16.1 Å². The number of hydrogen-bond acceptors (Lipinski definition) is 5. The lowest BCUT2D eigenvalue weighted by Crippen LogP contribution is -2.29. The first-order valence-corrected chi connectivity index (χ1v) is 12.7. The lowest BCUT2D eigenvalue weighted by Gasteiger charge is -2.08. The Bertz CT molecular complexity index is 751. The number of allylic oxidation sites excluding steroid dienone is 2. The normalized spacial score (nSPS) is 13.1. The third-order valence-electron chi connectivity index (χ3n) is 5.33. The number of carbonyl (C=O) groups is 1. The van der Waals surface area contributed by atoms with Gasteiger partial charge in [-0.05, 0) is 38.5 Å². The van der Waals surface area contributed by atoms with Crippen LogP contribution in [0, 0.1) is 0 Å². The number of aromatic nitrogens is 1. The largest absolute Gasteiger partial charge is 0.494 e. The summed E-state index contributed by atoms with van der Waals surface area (Å²) in [5.74, 6) is -1.29. The first-order chi connectivity index (χ1) is 14.7. The minimum atomic E-state index is -4.53. The van der Waals surface area contributed by atoms with Crippen LogP contribution in [-0.4, -0.2) is 44.1 Å². The highest BCUT2D eigenvalue weighted by molar-refractivity contribution is 7.87. The summed E-state index contributed by atoms with van der Waals surface area (Å²) in [4.78, 5) is 10.8. The van der Waals surface area contributed by atoms with E-state index in [9.17, 15) is 23.4 Å². The summed E-state index contributed by atoms with van der Waals surface area (Å²) in [7, 11) is -4.53. The van der Waals surface area contributed by atoms with Crippen molar-refractivity contribution < 1.29 is 33.1 Å². The van der Waals surface area contributed by atoms with Crippen molar-refractivity contribution in [3.63, 3.8) is 0 Å². The Balaban J connectivity index is 1.91. The fourth-order valence-corrected chi connectivity index (χ4v) is 4.22. The van der Waals surface area contributed by atoms with Crippen LogP contribution < -0.4 is 0 Å². The highest BCUT2D eigenvalue weighted by atomic mass is 32.2. The van der Waals surface area contributed by atoms with E-state index in [-0.39, 0.29) is 18.2 Å². The standard InChI is InChI=1S/C22H37NO7S/c24-20-16-17-21(25)23(20)18-14-12-10-8-6-4-2-1-3-5-7-9-11-13-15-19(22(26)27)31(28,29)30/h1,3,16-17,19,24-25H,2,4-15,18H2,(H,26,27)(H,28,29,30). The Labute approximate surface area is 185 Å². The van der Waals surface area contributed by atoms with Gasteiger partial charge in [-0.3, -0.25) is 13.9 Å². The third kappa shape index (κ3) is 11.8. The molecule has 1 aromatic rings. The SMILES string of the molecule is O=C(O)C(CCCCCCC=CCCCCCCCCn1c(O)ccc1O)S(=O)(=O)O. The molecule has 0 saturated carbocycles.